The van der Waals surface area contributed by atoms with Crippen LogP contribution in [0.5, 0.6) is 0 Å². The Labute approximate surface area is 147 Å². The molecule has 0 atom stereocenters. The number of nitriles is 2. The van der Waals surface area contributed by atoms with Crippen LogP contribution in [-0.4, -0.2) is 21.2 Å². The Morgan fingerprint density at radius 3 is 2.44 bits per heavy atom. The molecule has 0 aliphatic rings. The van der Waals surface area contributed by atoms with Gasteiger partial charge in [-0.1, -0.05) is 36.0 Å². The molecule has 0 fully saturated rings. The minimum Gasteiger partial charge on any atom is -0.300 e. The van der Waals surface area contributed by atoms with Gasteiger partial charge in [-0.05, 0) is 18.4 Å². The zero-order valence-corrected chi connectivity index (χ0v) is 14.0. The van der Waals surface area contributed by atoms with E-state index in [1.807, 2.05) is 18.2 Å². The van der Waals surface area contributed by atoms with Crippen LogP contribution in [0.1, 0.15) is 11.1 Å². The van der Waals surface area contributed by atoms with Crippen LogP contribution in [0.25, 0.3) is 22.5 Å². The molecule has 2 heterocycles. The largest absolute Gasteiger partial charge is 0.300 e. The highest BCUT2D eigenvalue weighted by molar-refractivity contribution is 7.98. The van der Waals surface area contributed by atoms with Crippen LogP contribution < -0.4 is 5.56 Å². The molecule has 3 rings (SSSR count). The lowest BCUT2D eigenvalue weighted by molar-refractivity contribution is 0.937. The number of nitrogens with zero attached hydrogens (tertiary/aromatic N) is 4. The maximum Gasteiger partial charge on any atom is 0.270 e. The minimum absolute atomic E-state index is 0.0184. The van der Waals surface area contributed by atoms with Crippen LogP contribution in [0, 0.1) is 22.7 Å². The summed E-state index contributed by atoms with van der Waals surface area (Å²) in [5, 5.41) is 18.7. The molecule has 0 spiro atoms. The van der Waals surface area contributed by atoms with Crippen LogP contribution >= 0.6 is 11.8 Å². The monoisotopic (exact) mass is 345 g/mol. The van der Waals surface area contributed by atoms with Gasteiger partial charge in [0.25, 0.3) is 5.56 Å². The van der Waals surface area contributed by atoms with E-state index in [2.05, 4.69) is 21.0 Å². The molecule has 3 aromatic rings. The highest BCUT2D eigenvalue weighted by atomic mass is 32.2. The van der Waals surface area contributed by atoms with Crippen molar-refractivity contribution in [2.45, 2.75) is 5.16 Å². The summed E-state index contributed by atoms with van der Waals surface area (Å²) in [5.74, 6) is 0. The zero-order chi connectivity index (χ0) is 17.8. The number of aromatic nitrogens is 3. The summed E-state index contributed by atoms with van der Waals surface area (Å²) in [6, 6.07) is 14.5. The molecule has 0 saturated carbocycles. The number of benzene rings is 1. The predicted octanol–water partition coefficient (Wildman–Crippen LogP) is 2.96. The first kappa shape index (κ1) is 16.4. The van der Waals surface area contributed by atoms with Crippen molar-refractivity contribution >= 4 is 11.8 Å². The molecule has 120 valence electrons. The van der Waals surface area contributed by atoms with Gasteiger partial charge in [-0.3, -0.25) is 9.78 Å². The number of hydrogen-bond acceptors (Lipinski definition) is 6. The number of aromatic amines is 1. The third kappa shape index (κ3) is 3.27. The van der Waals surface area contributed by atoms with Crippen molar-refractivity contribution in [3.05, 3.63) is 64.1 Å². The number of rotatable bonds is 3. The first-order chi connectivity index (χ1) is 12.2. The first-order valence-corrected chi connectivity index (χ1v) is 8.44. The normalized spacial score (nSPS) is 10.0. The van der Waals surface area contributed by atoms with Gasteiger partial charge in [-0.15, -0.1) is 0 Å². The molecule has 25 heavy (non-hydrogen) atoms. The van der Waals surface area contributed by atoms with E-state index >= 15 is 0 Å². The third-order valence-electron chi connectivity index (χ3n) is 3.55. The van der Waals surface area contributed by atoms with E-state index in [0.717, 1.165) is 5.56 Å². The Hall–Kier alpha value is -3.42. The van der Waals surface area contributed by atoms with Gasteiger partial charge in [0.15, 0.2) is 5.16 Å². The molecule has 0 aliphatic heterocycles. The van der Waals surface area contributed by atoms with Crippen LogP contribution in [0.3, 0.4) is 0 Å². The quantitative estimate of drug-likeness (QED) is 0.578. The lowest BCUT2D eigenvalue weighted by Gasteiger charge is -2.06. The summed E-state index contributed by atoms with van der Waals surface area (Å²) >= 11 is 1.30. The summed E-state index contributed by atoms with van der Waals surface area (Å²) in [5.41, 5.74) is 2.57. The fraction of sp³-hybridized carbons (Fsp3) is 0.0556. The fourth-order valence-corrected chi connectivity index (χ4v) is 2.70. The molecule has 0 aliphatic carbocycles. The van der Waals surface area contributed by atoms with Gasteiger partial charge in [0, 0.05) is 17.3 Å². The Morgan fingerprint density at radius 1 is 1.08 bits per heavy atom. The van der Waals surface area contributed by atoms with Crippen molar-refractivity contribution in [3.63, 3.8) is 0 Å². The second-order valence-electron chi connectivity index (χ2n) is 5.03. The van der Waals surface area contributed by atoms with Crippen molar-refractivity contribution < 1.29 is 0 Å². The standard InChI is InChI=1S/C18H11N5OS/c1-25-18-22-16(14(10-20)17(24)23-18)13-4-2-12(3-5-13)15-8-11(9-19)6-7-21-15/h2-8H,1H3,(H,22,23,24). The second-order valence-corrected chi connectivity index (χ2v) is 5.82. The van der Waals surface area contributed by atoms with Crippen LogP contribution in [0.2, 0.25) is 0 Å². The number of pyridine rings is 1. The van der Waals surface area contributed by atoms with Crippen molar-refractivity contribution in [3.8, 4) is 34.7 Å². The number of nitrogens with one attached hydrogen (secondary N) is 1. The van der Waals surface area contributed by atoms with Gasteiger partial charge in [0.1, 0.15) is 11.6 Å². The summed E-state index contributed by atoms with van der Waals surface area (Å²) in [4.78, 5) is 23.2. The lowest BCUT2D eigenvalue weighted by Crippen LogP contribution is -2.14. The zero-order valence-electron chi connectivity index (χ0n) is 13.1. The smallest absolute Gasteiger partial charge is 0.270 e. The van der Waals surface area contributed by atoms with E-state index < -0.39 is 5.56 Å². The molecule has 7 heteroatoms. The Bertz CT molecular complexity index is 1070. The molecular weight excluding hydrogens is 334 g/mol. The average molecular weight is 345 g/mol. The maximum absolute atomic E-state index is 12.0. The van der Waals surface area contributed by atoms with Crippen molar-refractivity contribution in [1.82, 2.24) is 15.0 Å². The van der Waals surface area contributed by atoms with E-state index in [0.29, 0.717) is 27.7 Å². The molecule has 0 radical (unpaired) electrons. The third-order valence-corrected chi connectivity index (χ3v) is 4.13. The van der Waals surface area contributed by atoms with Gasteiger partial charge >= 0.3 is 0 Å². The van der Waals surface area contributed by atoms with Crippen LogP contribution in [-0.2, 0) is 0 Å². The molecule has 0 saturated heterocycles. The van der Waals surface area contributed by atoms with Gasteiger partial charge in [0.2, 0.25) is 0 Å². The topological polar surface area (TPSA) is 106 Å². The summed E-state index contributed by atoms with van der Waals surface area (Å²) in [6.07, 6.45) is 3.38. The van der Waals surface area contributed by atoms with E-state index in [9.17, 15) is 10.1 Å². The summed E-state index contributed by atoms with van der Waals surface area (Å²) < 4.78 is 0. The highest BCUT2D eigenvalue weighted by Crippen LogP contribution is 2.25. The Morgan fingerprint density at radius 2 is 1.80 bits per heavy atom. The second kappa shape index (κ2) is 7.00. The summed E-state index contributed by atoms with van der Waals surface area (Å²) in [7, 11) is 0. The molecule has 1 N–H and O–H groups in total. The molecule has 2 aromatic heterocycles. The average Bonchev–Trinajstić information content (AvgIpc) is 2.67. The van der Waals surface area contributed by atoms with Crippen LogP contribution in [0.4, 0.5) is 0 Å². The van der Waals surface area contributed by atoms with Gasteiger partial charge in [0.05, 0.1) is 23.0 Å². The maximum atomic E-state index is 12.0. The molecule has 6 nitrogen and oxygen atoms in total. The molecule has 0 unspecified atom stereocenters. The number of thioether (sulfide) groups is 1. The highest BCUT2D eigenvalue weighted by Gasteiger charge is 2.13. The van der Waals surface area contributed by atoms with Crippen molar-refractivity contribution in [1.29, 1.82) is 10.5 Å². The number of H-pyrrole nitrogens is 1. The minimum atomic E-state index is -0.454. The first-order valence-electron chi connectivity index (χ1n) is 7.21. The van der Waals surface area contributed by atoms with Crippen LogP contribution in [0.15, 0.2) is 52.5 Å². The van der Waals surface area contributed by atoms with Gasteiger partial charge < -0.3 is 4.98 Å². The Kier molecular flexibility index (Phi) is 4.60. The molecule has 0 bridgehead atoms. The van der Waals surface area contributed by atoms with E-state index in [4.69, 9.17) is 5.26 Å². The molecular formula is C18H11N5OS. The molecule has 0 amide bonds. The lowest BCUT2D eigenvalue weighted by atomic mass is 10.0. The van der Waals surface area contributed by atoms with E-state index in [1.165, 1.54) is 11.8 Å². The van der Waals surface area contributed by atoms with Gasteiger partial charge in [-0.25, -0.2) is 4.98 Å². The Balaban J connectivity index is 2.07. The fourth-order valence-electron chi connectivity index (χ4n) is 2.32. The van der Waals surface area contributed by atoms with E-state index in [-0.39, 0.29) is 5.56 Å². The number of hydrogen-bond donors (Lipinski definition) is 1. The van der Waals surface area contributed by atoms with Gasteiger partial charge in [-0.2, -0.15) is 10.5 Å². The van der Waals surface area contributed by atoms with E-state index in [1.54, 1.807) is 36.7 Å². The molecule has 1 aromatic carbocycles. The predicted molar refractivity (Wildman–Crippen MR) is 94.7 cm³/mol. The van der Waals surface area contributed by atoms with Crippen molar-refractivity contribution in [2.24, 2.45) is 0 Å². The van der Waals surface area contributed by atoms with Crippen molar-refractivity contribution in [2.75, 3.05) is 6.26 Å². The summed E-state index contributed by atoms with van der Waals surface area (Å²) in [6.45, 7) is 0. The SMILES string of the molecule is CSc1nc(-c2ccc(-c3cc(C#N)ccn3)cc2)c(C#N)c(=O)[nH]1.